The van der Waals surface area contributed by atoms with E-state index in [2.05, 4.69) is 5.48 Å². The fourth-order valence-corrected chi connectivity index (χ4v) is 2.61. The molecule has 3 nitrogen and oxygen atoms in total. The molecule has 0 amide bonds. The molecule has 0 aliphatic rings. The first-order chi connectivity index (χ1) is 10.7. The van der Waals surface area contributed by atoms with Crippen LogP contribution < -0.4 is 5.48 Å². The van der Waals surface area contributed by atoms with Gasteiger partial charge in [0.05, 0.1) is 10.7 Å². The lowest BCUT2D eigenvalue weighted by Gasteiger charge is -2.12. The summed E-state index contributed by atoms with van der Waals surface area (Å²) in [5, 5.41) is 13.0. The summed E-state index contributed by atoms with van der Waals surface area (Å²) >= 11 is 6.05. The number of nitrogens with one attached hydrogen (secondary N) is 1. The van der Waals surface area contributed by atoms with E-state index in [1.54, 1.807) is 6.07 Å². The minimum atomic E-state index is 0.239. The van der Waals surface area contributed by atoms with E-state index in [0.717, 1.165) is 21.9 Å². The molecule has 0 atom stereocenters. The maximum Gasteiger partial charge on any atom is 0.124 e. The molecule has 3 aromatic carbocycles. The first-order valence-corrected chi connectivity index (χ1v) is 7.37. The van der Waals surface area contributed by atoms with Crippen LogP contribution in [0, 0.1) is 6.92 Å². The van der Waals surface area contributed by atoms with Gasteiger partial charge in [0, 0.05) is 5.56 Å². The molecule has 0 spiro atoms. The highest BCUT2D eigenvalue weighted by atomic mass is 35.5. The number of hydrogen-bond donors (Lipinski definition) is 2. The molecule has 0 bridgehead atoms. The molecule has 3 rings (SSSR count). The van der Waals surface area contributed by atoms with Crippen molar-refractivity contribution in [1.82, 2.24) is 0 Å². The Morgan fingerprint density at radius 2 is 1.82 bits per heavy atom. The number of aromatic hydroxyl groups is 1. The van der Waals surface area contributed by atoms with Crippen LogP contribution in [0.1, 0.15) is 11.1 Å². The summed E-state index contributed by atoms with van der Waals surface area (Å²) in [4.78, 5) is 5.48. The second kappa shape index (κ2) is 6.26. The van der Waals surface area contributed by atoms with Crippen molar-refractivity contribution >= 4 is 28.1 Å². The van der Waals surface area contributed by atoms with Crippen molar-refractivity contribution in [2.45, 2.75) is 13.5 Å². The van der Waals surface area contributed by atoms with Crippen LogP contribution in [-0.4, -0.2) is 5.11 Å². The van der Waals surface area contributed by atoms with Gasteiger partial charge >= 0.3 is 0 Å². The normalized spacial score (nSPS) is 10.8. The molecule has 2 N–H and O–H groups in total. The van der Waals surface area contributed by atoms with Gasteiger partial charge < -0.3 is 5.11 Å². The number of hydrogen-bond acceptors (Lipinski definition) is 3. The Kier molecular flexibility index (Phi) is 4.18. The van der Waals surface area contributed by atoms with Crippen LogP contribution in [0.2, 0.25) is 5.02 Å². The number of para-hydroxylation sites is 1. The van der Waals surface area contributed by atoms with Gasteiger partial charge in [-0.1, -0.05) is 48.0 Å². The Balaban J connectivity index is 1.79. The molecule has 0 aliphatic carbocycles. The summed E-state index contributed by atoms with van der Waals surface area (Å²) in [5.41, 5.74) is 5.10. The van der Waals surface area contributed by atoms with Crippen molar-refractivity contribution in [1.29, 1.82) is 0 Å². The van der Waals surface area contributed by atoms with Gasteiger partial charge in [0.1, 0.15) is 12.4 Å². The SMILES string of the molecule is Cc1c(O)c(CONc2ccccc2Cl)cc2ccccc12. The van der Waals surface area contributed by atoms with Crippen LogP contribution in [0.3, 0.4) is 0 Å². The summed E-state index contributed by atoms with van der Waals surface area (Å²) in [5.74, 6) is 0.264. The zero-order valence-electron chi connectivity index (χ0n) is 12.1. The maximum atomic E-state index is 10.3. The number of anilines is 1. The van der Waals surface area contributed by atoms with Crippen molar-refractivity contribution in [2.75, 3.05) is 5.48 Å². The molecule has 0 saturated heterocycles. The lowest BCUT2D eigenvalue weighted by Crippen LogP contribution is -2.02. The summed E-state index contributed by atoms with van der Waals surface area (Å²) in [7, 11) is 0. The van der Waals surface area contributed by atoms with E-state index in [-0.39, 0.29) is 12.4 Å². The summed E-state index contributed by atoms with van der Waals surface area (Å²) < 4.78 is 0. The topological polar surface area (TPSA) is 41.5 Å². The summed E-state index contributed by atoms with van der Waals surface area (Å²) in [6.07, 6.45) is 0. The highest BCUT2D eigenvalue weighted by Crippen LogP contribution is 2.31. The Morgan fingerprint density at radius 3 is 2.64 bits per heavy atom. The third kappa shape index (κ3) is 2.86. The molecule has 112 valence electrons. The van der Waals surface area contributed by atoms with Gasteiger partial charge in [-0.3, -0.25) is 10.3 Å². The quantitative estimate of drug-likeness (QED) is 0.662. The van der Waals surface area contributed by atoms with Crippen molar-refractivity contribution in [2.24, 2.45) is 0 Å². The average Bonchev–Trinajstić information content (AvgIpc) is 2.54. The van der Waals surface area contributed by atoms with E-state index in [1.807, 2.05) is 55.5 Å². The second-order valence-electron chi connectivity index (χ2n) is 5.10. The molecule has 3 aromatic rings. The van der Waals surface area contributed by atoms with E-state index >= 15 is 0 Å². The zero-order chi connectivity index (χ0) is 15.5. The Bertz CT molecular complexity index is 817. The van der Waals surface area contributed by atoms with E-state index in [0.29, 0.717) is 10.7 Å². The molecule has 22 heavy (non-hydrogen) atoms. The van der Waals surface area contributed by atoms with E-state index in [9.17, 15) is 5.11 Å². The predicted molar refractivity (Wildman–Crippen MR) is 90.2 cm³/mol. The van der Waals surface area contributed by atoms with Gasteiger partial charge in [-0.2, -0.15) is 0 Å². The minimum Gasteiger partial charge on any atom is -0.507 e. The van der Waals surface area contributed by atoms with Crippen molar-refractivity contribution in [3.05, 3.63) is 70.7 Å². The number of phenolic OH excluding ortho intramolecular Hbond substituents is 1. The van der Waals surface area contributed by atoms with Gasteiger partial charge in [-0.15, -0.1) is 0 Å². The lowest BCUT2D eigenvalue weighted by molar-refractivity contribution is 0.177. The van der Waals surface area contributed by atoms with Gasteiger partial charge in [-0.05, 0) is 41.5 Å². The minimum absolute atomic E-state index is 0.239. The number of fused-ring (bicyclic) bond motifs is 1. The van der Waals surface area contributed by atoms with Crippen molar-refractivity contribution < 1.29 is 9.94 Å². The number of halogens is 1. The van der Waals surface area contributed by atoms with E-state index in [4.69, 9.17) is 16.4 Å². The molecule has 0 fully saturated rings. The van der Waals surface area contributed by atoms with Crippen LogP contribution in [0.5, 0.6) is 5.75 Å². The summed E-state index contributed by atoms with van der Waals surface area (Å²) in [6, 6.07) is 17.2. The molecule has 0 radical (unpaired) electrons. The van der Waals surface area contributed by atoms with Gasteiger partial charge in [0.15, 0.2) is 0 Å². The zero-order valence-corrected chi connectivity index (χ0v) is 12.9. The molecule has 0 unspecified atom stereocenters. The standard InChI is InChI=1S/C18H16ClNO2/c1-12-15-7-3-2-6-13(15)10-14(18(12)21)11-22-20-17-9-5-4-8-16(17)19/h2-10,20-21H,11H2,1H3. The third-order valence-electron chi connectivity index (χ3n) is 3.64. The molecule has 0 heterocycles. The second-order valence-corrected chi connectivity index (χ2v) is 5.51. The molecule has 0 aliphatic heterocycles. The molecule has 0 saturated carbocycles. The lowest BCUT2D eigenvalue weighted by atomic mass is 10.0. The van der Waals surface area contributed by atoms with Crippen LogP contribution in [-0.2, 0) is 11.4 Å². The fraction of sp³-hybridized carbons (Fsp3) is 0.111. The number of rotatable bonds is 4. The summed E-state index contributed by atoms with van der Waals surface area (Å²) in [6.45, 7) is 2.14. The highest BCUT2D eigenvalue weighted by Gasteiger charge is 2.09. The number of phenols is 1. The highest BCUT2D eigenvalue weighted by molar-refractivity contribution is 6.33. The maximum absolute atomic E-state index is 10.3. The van der Waals surface area contributed by atoms with Crippen molar-refractivity contribution in [3.8, 4) is 5.75 Å². The molecular weight excluding hydrogens is 298 g/mol. The van der Waals surface area contributed by atoms with Gasteiger partial charge in [0.2, 0.25) is 0 Å². The van der Waals surface area contributed by atoms with E-state index in [1.165, 1.54) is 0 Å². The first kappa shape index (κ1) is 14.7. The van der Waals surface area contributed by atoms with Gasteiger partial charge in [0.25, 0.3) is 0 Å². The van der Waals surface area contributed by atoms with Gasteiger partial charge in [-0.25, -0.2) is 0 Å². The van der Waals surface area contributed by atoms with Crippen molar-refractivity contribution in [3.63, 3.8) is 0 Å². The van der Waals surface area contributed by atoms with Crippen LogP contribution in [0.4, 0.5) is 5.69 Å². The predicted octanol–water partition coefficient (Wildman–Crippen LogP) is 5.05. The van der Waals surface area contributed by atoms with Crippen LogP contribution >= 0.6 is 11.6 Å². The number of benzene rings is 3. The Labute approximate surface area is 134 Å². The monoisotopic (exact) mass is 313 g/mol. The molecule has 0 aromatic heterocycles. The first-order valence-electron chi connectivity index (χ1n) is 6.99. The Morgan fingerprint density at radius 1 is 1.09 bits per heavy atom. The van der Waals surface area contributed by atoms with Crippen LogP contribution in [0.15, 0.2) is 54.6 Å². The average molecular weight is 314 g/mol. The van der Waals surface area contributed by atoms with Crippen LogP contribution in [0.25, 0.3) is 10.8 Å². The molecular formula is C18H16ClNO2. The smallest absolute Gasteiger partial charge is 0.124 e. The van der Waals surface area contributed by atoms with E-state index < -0.39 is 0 Å². The Hall–Kier alpha value is -2.23. The fourth-order valence-electron chi connectivity index (χ4n) is 2.43. The molecule has 4 heteroatoms. The largest absolute Gasteiger partial charge is 0.507 e. The third-order valence-corrected chi connectivity index (χ3v) is 3.97. The number of aryl methyl sites for hydroxylation is 1.